The van der Waals surface area contributed by atoms with Crippen LogP contribution >= 0.6 is 0 Å². The summed E-state index contributed by atoms with van der Waals surface area (Å²) in [6.45, 7) is 1.08. The zero-order chi connectivity index (χ0) is 8.27. The van der Waals surface area contributed by atoms with Crippen LogP contribution in [-0.2, 0) is 11.4 Å². The molecule has 0 amide bonds. The zero-order valence-electron chi connectivity index (χ0n) is 6.02. The van der Waals surface area contributed by atoms with E-state index in [0.29, 0.717) is 5.69 Å². The van der Waals surface area contributed by atoms with Crippen LogP contribution < -0.4 is 4.84 Å². The molecule has 0 aliphatic carbocycles. The van der Waals surface area contributed by atoms with Gasteiger partial charge in [0.1, 0.15) is 12.0 Å². The van der Waals surface area contributed by atoms with E-state index in [1.165, 1.54) is 19.4 Å². The minimum Gasteiger partial charge on any atom is -0.390 e. The molecule has 0 saturated carbocycles. The SMILES string of the molecule is CC(=O)On1cncc1CO. The van der Waals surface area contributed by atoms with Crippen LogP contribution in [0.3, 0.4) is 0 Å². The molecule has 1 N–H and O–H groups in total. The molecule has 60 valence electrons. The highest BCUT2D eigenvalue weighted by atomic mass is 16.7. The lowest BCUT2D eigenvalue weighted by molar-refractivity contribution is -0.141. The highest BCUT2D eigenvalue weighted by Crippen LogP contribution is 1.95. The first-order chi connectivity index (χ1) is 5.24. The van der Waals surface area contributed by atoms with E-state index in [-0.39, 0.29) is 6.61 Å². The van der Waals surface area contributed by atoms with E-state index in [2.05, 4.69) is 9.82 Å². The molecule has 0 aliphatic rings. The van der Waals surface area contributed by atoms with Gasteiger partial charge in [-0.2, -0.15) is 4.73 Å². The van der Waals surface area contributed by atoms with Crippen LogP contribution in [0.5, 0.6) is 0 Å². The van der Waals surface area contributed by atoms with Crippen molar-refractivity contribution in [2.24, 2.45) is 0 Å². The Morgan fingerprint density at radius 1 is 1.91 bits per heavy atom. The number of carbonyl (C=O) groups excluding carboxylic acids is 1. The van der Waals surface area contributed by atoms with Gasteiger partial charge in [0.2, 0.25) is 0 Å². The first-order valence-corrected chi connectivity index (χ1v) is 3.05. The Labute approximate surface area is 63.2 Å². The molecule has 0 aliphatic heterocycles. The van der Waals surface area contributed by atoms with Crippen molar-refractivity contribution in [2.75, 3.05) is 0 Å². The lowest BCUT2D eigenvalue weighted by Crippen LogP contribution is -2.17. The second-order valence-corrected chi connectivity index (χ2v) is 1.95. The van der Waals surface area contributed by atoms with Gasteiger partial charge in [0, 0.05) is 6.92 Å². The predicted molar refractivity (Wildman–Crippen MR) is 35.4 cm³/mol. The number of imidazole rings is 1. The number of hydrogen-bond acceptors (Lipinski definition) is 4. The average Bonchev–Trinajstić information content (AvgIpc) is 2.34. The third-order valence-corrected chi connectivity index (χ3v) is 1.07. The number of aliphatic hydroxyl groups is 1. The smallest absolute Gasteiger partial charge is 0.329 e. The standard InChI is InChI=1S/C6H8N2O3/c1-5(10)11-8-4-7-2-6(8)3-9/h2,4,9H,3H2,1H3. The normalized spacial score (nSPS) is 9.64. The third kappa shape index (κ3) is 1.78. The molecule has 1 heterocycles. The molecule has 0 aromatic carbocycles. The lowest BCUT2D eigenvalue weighted by atomic mass is 10.5. The highest BCUT2D eigenvalue weighted by molar-refractivity contribution is 5.66. The Bertz CT molecular complexity index is 256. The van der Waals surface area contributed by atoms with Crippen LogP contribution in [0.15, 0.2) is 12.5 Å². The van der Waals surface area contributed by atoms with E-state index in [0.717, 1.165) is 4.73 Å². The molecule has 5 nitrogen and oxygen atoms in total. The third-order valence-electron chi connectivity index (χ3n) is 1.07. The van der Waals surface area contributed by atoms with Crippen LogP contribution in [0.1, 0.15) is 12.6 Å². The van der Waals surface area contributed by atoms with Crippen LogP contribution in [0, 0.1) is 0 Å². The van der Waals surface area contributed by atoms with Crippen molar-refractivity contribution < 1.29 is 14.7 Å². The Balaban J connectivity index is 2.76. The molecule has 0 unspecified atom stereocenters. The van der Waals surface area contributed by atoms with Gasteiger partial charge in [-0.1, -0.05) is 0 Å². The second-order valence-electron chi connectivity index (χ2n) is 1.95. The molecule has 1 rings (SSSR count). The van der Waals surface area contributed by atoms with Crippen LogP contribution in [0.25, 0.3) is 0 Å². The molecule has 0 radical (unpaired) electrons. The summed E-state index contributed by atoms with van der Waals surface area (Å²) in [5.74, 6) is -0.447. The van der Waals surface area contributed by atoms with E-state index in [9.17, 15) is 4.79 Å². The van der Waals surface area contributed by atoms with Gasteiger partial charge in [-0.15, -0.1) is 0 Å². The molecule has 1 aromatic rings. The summed E-state index contributed by atoms with van der Waals surface area (Å²) in [5.41, 5.74) is 0.445. The number of aliphatic hydroxyl groups excluding tert-OH is 1. The largest absolute Gasteiger partial charge is 0.390 e. The van der Waals surface area contributed by atoms with E-state index < -0.39 is 5.97 Å². The summed E-state index contributed by atoms with van der Waals surface area (Å²) in [6.07, 6.45) is 2.73. The summed E-state index contributed by atoms with van der Waals surface area (Å²) in [5, 5.41) is 8.67. The highest BCUT2D eigenvalue weighted by Gasteiger charge is 2.02. The van der Waals surface area contributed by atoms with Crippen molar-refractivity contribution >= 4 is 5.97 Å². The van der Waals surface area contributed by atoms with E-state index in [1.807, 2.05) is 0 Å². The van der Waals surface area contributed by atoms with E-state index in [1.54, 1.807) is 0 Å². The summed E-state index contributed by atoms with van der Waals surface area (Å²) in [7, 11) is 0. The fourth-order valence-electron chi connectivity index (χ4n) is 0.642. The monoisotopic (exact) mass is 156 g/mol. The maximum Gasteiger partial charge on any atom is 0.329 e. The fraction of sp³-hybridized carbons (Fsp3) is 0.333. The predicted octanol–water partition coefficient (Wildman–Crippen LogP) is -0.649. The summed E-state index contributed by atoms with van der Waals surface area (Å²) >= 11 is 0. The van der Waals surface area contributed by atoms with E-state index >= 15 is 0 Å². The van der Waals surface area contributed by atoms with Crippen molar-refractivity contribution in [3.63, 3.8) is 0 Å². The molecular formula is C6H8N2O3. The van der Waals surface area contributed by atoms with Crippen LogP contribution in [0.2, 0.25) is 0 Å². The molecule has 0 bridgehead atoms. The van der Waals surface area contributed by atoms with Crippen molar-refractivity contribution in [1.29, 1.82) is 0 Å². The number of hydrogen-bond donors (Lipinski definition) is 1. The number of rotatable bonds is 2. The molecule has 1 aromatic heterocycles. The van der Waals surface area contributed by atoms with Crippen LogP contribution in [-0.4, -0.2) is 20.8 Å². The van der Waals surface area contributed by atoms with Gasteiger partial charge < -0.3 is 9.94 Å². The van der Waals surface area contributed by atoms with Gasteiger partial charge >= 0.3 is 5.97 Å². The molecular weight excluding hydrogens is 148 g/mol. The number of carbonyl (C=O) groups is 1. The van der Waals surface area contributed by atoms with Crippen molar-refractivity contribution in [2.45, 2.75) is 13.5 Å². The molecule has 11 heavy (non-hydrogen) atoms. The van der Waals surface area contributed by atoms with Crippen molar-refractivity contribution in [3.05, 3.63) is 18.2 Å². The van der Waals surface area contributed by atoms with Gasteiger partial charge in [0.25, 0.3) is 0 Å². The fourth-order valence-corrected chi connectivity index (χ4v) is 0.642. The van der Waals surface area contributed by atoms with Gasteiger partial charge in [-0.05, 0) is 0 Å². The summed E-state index contributed by atoms with van der Waals surface area (Å²) in [4.78, 5) is 18.7. The van der Waals surface area contributed by atoms with Gasteiger partial charge in [0.15, 0.2) is 0 Å². The maximum absolute atomic E-state index is 10.4. The molecule has 5 heteroatoms. The Kier molecular flexibility index (Phi) is 2.22. The quantitative estimate of drug-likeness (QED) is 0.618. The van der Waals surface area contributed by atoms with Crippen molar-refractivity contribution in [3.8, 4) is 0 Å². The molecule has 0 atom stereocenters. The lowest BCUT2D eigenvalue weighted by Gasteiger charge is -2.02. The number of aromatic nitrogens is 2. The molecule has 0 spiro atoms. The molecule has 0 saturated heterocycles. The van der Waals surface area contributed by atoms with Crippen LogP contribution in [0.4, 0.5) is 0 Å². The Hall–Kier alpha value is -1.36. The maximum atomic E-state index is 10.4. The molecule has 0 fully saturated rings. The summed E-state index contributed by atoms with van der Waals surface area (Å²) < 4.78 is 1.13. The zero-order valence-corrected chi connectivity index (χ0v) is 6.02. The first-order valence-electron chi connectivity index (χ1n) is 3.05. The summed E-state index contributed by atoms with van der Waals surface area (Å²) in [6, 6.07) is 0. The van der Waals surface area contributed by atoms with E-state index in [4.69, 9.17) is 5.11 Å². The van der Waals surface area contributed by atoms with Gasteiger partial charge in [-0.3, -0.25) is 0 Å². The minimum atomic E-state index is -0.447. The Morgan fingerprint density at radius 2 is 2.64 bits per heavy atom. The van der Waals surface area contributed by atoms with Gasteiger partial charge in [0.05, 0.1) is 12.8 Å². The van der Waals surface area contributed by atoms with Gasteiger partial charge in [-0.25, -0.2) is 9.78 Å². The minimum absolute atomic E-state index is 0.201. The number of nitrogens with zero attached hydrogens (tertiary/aromatic N) is 2. The topological polar surface area (TPSA) is 64.4 Å². The Morgan fingerprint density at radius 3 is 3.18 bits per heavy atom. The second kappa shape index (κ2) is 3.16. The average molecular weight is 156 g/mol. The van der Waals surface area contributed by atoms with Crippen molar-refractivity contribution in [1.82, 2.24) is 9.71 Å². The first kappa shape index (κ1) is 7.74.